The van der Waals surface area contributed by atoms with Crippen LogP contribution < -0.4 is 0 Å². The lowest BCUT2D eigenvalue weighted by Gasteiger charge is -2.48. The van der Waals surface area contributed by atoms with Crippen LogP contribution in [-0.4, -0.2) is 147 Å². The molecule has 4 saturated heterocycles. The van der Waals surface area contributed by atoms with Crippen LogP contribution in [0.15, 0.2) is 0 Å². The minimum absolute atomic E-state index is 0.133. The third kappa shape index (κ3) is 11.5. The maximum Gasteiger partial charge on any atom is 0.309 e. The van der Waals surface area contributed by atoms with E-state index in [1.807, 2.05) is 6.92 Å². The van der Waals surface area contributed by atoms with Crippen LogP contribution >= 0.6 is 0 Å². The number of hydrogen-bond donors (Lipinski definition) is 6. The standard InChI is InChI=1S/C37H64O16/c1-6-15-22-16-13-11-9-8-10-12-14-17-24(39)50-33-31(26(41)21(5)47-37(33)48-22)53-35-29(44)28(43)30(23(18-38)49-35)52-36-32(51-34(45)19(3)7-2)27(42)25(40)20(4)46-36/h19-23,25-33,35-38,40-44H,6-18H2,1-5H3/t19?,20-,21?,22?,23?,25-,26?,27+,28?,29?,30?,31?,32+,33?,35?,36-,37?/m0/s1. The lowest BCUT2D eigenvalue weighted by Crippen LogP contribution is -2.66. The van der Waals surface area contributed by atoms with Gasteiger partial charge in [-0.2, -0.15) is 0 Å². The molecule has 0 bridgehead atoms. The average Bonchev–Trinajstić information content (AvgIpc) is 3.14. The Morgan fingerprint density at radius 2 is 1.38 bits per heavy atom. The molecule has 4 aliphatic heterocycles. The summed E-state index contributed by atoms with van der Waals surface area (Å²) in [5.74, 6) is -1.75. The number of fused-ring (bicyclic) bond motifs is 1. The van der Waals surface area contributed by atoms with Crippen molar-refractivity contribution in [3.05, 3.63) is 0 Å². The molecule has 0 amide bonds. The molecule has 308 valence electrons. The first-order valence-electron chi connectivity index (χ1n) is 19.6. The van der Waals surface area contributed by atoms with E-state index < -0.39 is 117 Å². The summed E-state index contributed by atoms with van der Waals surface area (Å²) in [5.41, 5.74) is 0. The number of aliphatic hydroxyl groups is 6. The molecule has 16 heteroatoms. The second kappa shape index (κ2) is 21.1. The molecule has 0 aliphatic carbocycles. The van der Waals surface area contributed by atoms with E-state index in [4.69, 9.17) is 37.9 Å². The summed E-state index contributed by atoms with van der Waals surface area (Å²) in [6.07, 6.45) is -11.9. The van der Waals surface area contributed by atoms with Gasteiger partial charge in [0.1, 0.15) is 48.8 Å². The molecule has 0 aromatic carbocycles. The Balaban J connectivity index is 1.55. The van der Waals surface area contributed by atoms with E-state index in [9.17, 15) is 40.2 Å². The smallest absolute Gasteiger partial charge is 0.309 e. The summed E-state index contributed by atoms with van der Waals surface area (Å²) in [4.78, 5) is 25.8. The van der Waals surface area contributed by atoms with Crippen molar-refractivity contribution in [1.29, 1.82) is 0 Å². The van der Waals surface area contributed by atoms with Crippen LogP contribution in [0.5, 0.6) is 0 Å². The Kier molecular flexibility index (Phi) is 17.6. The van der Waals surface area contributed by atoms with E-state index in [0.29, 0.717) is 12.8 Å². The zero-order chi connectivity index (χ0) is 38.8. The highest BCUT2D eigenvalue weighted by molar-refractivity contribution is 5.72. The maximum absolute atomic E-state index is 13.2. The van der Waals surface area contributed by atoms with E-state index in [-0.39, 0.29) is 12.5 Å². The van der Waals surface area contributed by atoms with Crippen LogP contribution in [0.1, 0.15) is 112 Å². The van der Waals surface area contributed by atoms with Gasteiger partial charge < -0.3 is 68.5 Å². The molecule has 4 rings (SSSR count). The molecule has 0 aromatic heterocycles. The van der Waals surface area contributed by atoms with Crippen molar-refractivity contribution in [1.82, 2.24) is 0 Å². The number of carbonyl (C=O) groups excluding carboxylic acids is 2. The number of carbonyl (C=O) groups is 2. The zero-order valence-electron chi connectivity index (χ0n) is 31.8. The lowest BCUT2D eigenvalue weighted by atomic mass is 9.96. The van der Waals surface area contributed by atoms with Crippen LogP contribution in [0.25, 0.3) is 0 Å². The number of aliphatic hydroxyl groups excluding tert-OH is 6. The van der Waals surface area contributed by atoms with Crippen LogP contribution in [0.3, 0.4) is 0 Å². The van der Waals surface area contributed by atoms with Crippen molar-refractivity contribution in [3.8, 4) is 0 Å². The van der Waals surface area contributed by atoms with Gasteiger partial charge in [0.15, 0.2) is 31.1 Å². The third-order valence-corrected chi connectivity index (χ3v) is 10.8. The fourth-order valence-corrected chi connectivity index (χ4v) is 7.20. The molecule has 0 saturated carbocycles. The normalized spacial score (nSPS) is 43.0. The zero-order valence-corrected chi connectivity index (χ0v) is 31.8. The molecular formula is C37H64O16. The second-order valence-electron chi connectivity index (χ2n) is 15.0. The molecule has 0 radical (unpaired) electrons. The van der Waals surface area contributed by atoms with Gasteiger partial charge in [-0.3, -0.25) is 9.59 Å². The predicted octanol–water partition coefficient (Wildman–Crippen LogP) is 1.35. The van der Waals surface area contributed by atoms with Crippen molar-refractivity contribution in [2.75, 3.05) is 6.61 Å². The van der Waals surface area contributed by atoms with Gasteiger partial charge >= 0.3 is 11.9 Å². The summed E-state index contributed by atoms with van der Waals surface area (Å²) in [7, 11) is 0. The van der Waals surface area contributed by atoms with Gasteiger partial charge in [-0.25, -0.2) is 0 Å². The van der Waals surface area contributed by atoms with Crippen LogP contribution in [0.4, 0.5) is 0 Å². The largest absolute Gasteiger partial charge is 0.454 e. The Morgan fingerprint density at radius 3 is 2.04 bits per heavy atom. The number of ether oxygens (including phenoxy) is 8. The number of hydrogen-bond acceptors (Lipinski definition) is 16. The van der Waals surface area contributed by atoms with Crippen molar-refractivity contribution in [2.24, 2.45) is 5.92 Å². The van der Waals surface area contributed by atoms with Crippen molar-refractivity contribution >= 4 is 11.9 Å². The van der Waals surface area contributed by atoms with Gasteiger partial charge in [0.05, 0.1) is 30.8 Å². The van der Waals surface area contributed by atoms with Crippen LogP contribution in [0, 0.1) is 5.92 Å². The molecule has 4 heterocycles. The highest BCUT2D eigenvalue weighted by atomic mass is 16.8. The predicted molar refractivity (Wildman–Crippen MR) is 185 cm³/mol. The lowest BCUT2D eigenvalue weighted by molar-refractivity contribution is -0.379. The molecular weight excluding hydrogens is 700 g/mol. The molecule has 4 aliphatic rings. The van der Waals surface area contributed by atoms with E-state index in [0.717, 1.165) is 57.8 Å². The fraction of sp³-hybridized carbons (Fsp3) is 0.946. The maximum atomic E-state index is 13.2. The first-order chi connectivity index (χ1) is 25.3. The van der Waals surface area contributed by atoms with Crippen molar-refractivity contribution in [2.45, 2.75) is 210 Å². The molecule has 53 heavy (non-hydrogen) atoms. The monoisotopic (exact) mass is 764 g/mol. The summed E-state index contributed by atoms with van der Waals surface area (Å²) in [6.45, 7) is 7.77. The first-order valence-corrected chi connectivity index (χ1v) is 19.6. The minimum atomic E-state index is -1.85. The highest BCUT2D eigenvalue weighted by Crippen LogP contribution is 2.35. The van der Waals surface area contributed by atoms with Crippen molar-refractivity contribution < 1.29 is 78.1 Å². The Bertz CT molecular complexity index is 1110. The Morgan fingerprint density at radius 1 is 0.755 bits per heavy atom. The molecule has 12 unspecified atom stereocenters. The average molecular weight is 765 g/mol. The number of rotatable bonds is 10. The van der Waals surface area contributed by atoms with Crippen molar-refractivity contribution in [3.63, 3.8) is 0 Å². The summed E-state index contributed by atoms with van der Waals surface area (Å²) >= 11 is 0. The summed E-state index contributed by atoms with van der Waals surface area (Å²) in [6, 6.07) is 0. The topological polar surface area (TPSA) is 229 Å². The van der Waals surface area contributed by atoms with E-state index in [1.54, 1.807) is 20.8 Å². The summed E-state index contributed by atoms with van der Waals surface area (Å²) < 4.78 is 47.7. The molecule has 6 N–H and O–H groups in total. The molecule has 17 atom stereocenters. The van der Waals surface area contributed by atoms with E-state index >= 15 is 0 Å². The van der Waals surface area contributed by atoms with Gasteiger partial charge in [-0.05, 0) is 39.5 Å². The second-order valence-corrected chi connectivity index (χ2v) is 15.0. The SMILES string of the molecule is CCCC1CCCCCCCCCC(=O)OC2C(O1)OC(C)C(O)C2OC1OC(CO)C(O[C@@H]2O[C@@H](C)[C@H](O)[C@@H](O)[C@H]2OC(=O)C(C)CC)C(O)C1O. The molecule has 16 nitrogen and oxygen atoms in total. The highest BCUT2D eigenvalue weighted by Gasteiger charge is 2.55. The van der Waals surface area contributed by atoms with Gasteiger partial charge in [0, 0.05) is 6.42 Å². The first kappa shape index (κ1) is 44.2. The Hall–Kier alpha value is -1.54. The van der Waals surface area contributed by atoms with Crippen LogP contribution in [-0.2, 0) is 47.5 Å². The van der Waals surface area contributed by atoms with Crippen LogP contribution in [0.2, 0.25) is 0 Å². The fourth-order valence-electron chi connectivity index (χ4n) is 7.20. The van der Waals surface area contributed by atoms with Gasteiger partial charge in [0.25, 0.3) is 0 Å². The Labute approximate surface area is 312 Å². The molecule has 0 aromatic rings. The summed E-state index contributed by atoms with van der Waals surface area (Å²) in [5, 5.41) is 65.8. The van der Waals surface area contributed by atoms with E-state index in [1.165, 1.54) is 6.92 Å². The molecule has 0 spiro atoms. The molecule has 4 fully saturated rings. The third-order valence-electron chi connectivity index (χ3n) is 10.8. The van der Waals surface area contributed by atoms with E-state index in [2.05, 4.69) is 0 Å². The number of esters is 2. The quantitative estimate of drug-likeness (QED) is 0.173. The van der Waals surface area contributed by atoms with Gasteiger partial charge in [-0.1, -0.05) is 65.7 Å². The minimum Gasteiger partial charge on any atom is -0.454 e. The van der Waals surface area contributed by atoms with Gasteiger partial charge in [-0.15, -0.1) is 0 Å². The van der Waals surface area contributed by atoms with Gasteiger partial charge in [0.2, 0.25) is 0 Å².